The van der Waals surface area contributed by atoms with Crippen LogP contribution in [-0.2, 0) is 0 Å². The lowest BCUT2D eigenvalue weighted by Gasteiger charge is -2.07. The molecule has 0 aromatic heterocycles. The molecule has 6 nitrogen and oxygen atoms in total. The van der Waals surface area contributed by atoms with E-state index >= 15 is 0 Å². The van der Waals surface area contributed by atoms with Gasteiger partial charge in [0.25, 0.3) is 11.6 Å². The van der Waals surface area contributed by atoms with E-state index < -0.39 is 10.8 Å². The molecule has 0 bridgehead atoms. The van der Waals surface area contributed by atoms with Crippen LogP contribution < -0.4 is 5.32 Å². The van der Waals surface area contributed by atoms with Crippen molar-refractivity contribution < 1.29 is 14.8 Å². The lowest BCUT2D eigenvalue weighted by molar-refractivity contribution is -0.384. The van der Waals surface area contributed by atoms with Gasteiger partial charge in [0.05, 0.1) is 16.7 Å². The van der Waals surface area contributed by atoms with Crippen molar-refractivity contribution in [3.63, 3.8) is 0 Å². The minimum absolute atomic E-state index is 0.127. The summed E-state index contributed by atoms with van der Waals surface area (Å²) < 4.78 is 0. The van der Waals surface area contributed by atoms with Crippen LogP contribution in [0.4, 0.5) is 11.4 Å². The van der Waals surface area contributed by atoms with E-state index in [1.54, 1.807) is 18.2 Å². The molecule has 0 atom stereocenters. The molecule has 6 heteroatoms. The van der Waals surface area contributed by atoms with Crippen molar-refractivity contribution in [2.45, 2.75) is 6.92 Å². The molecule has 0 spiro atoms. The van der Waals surface area contributed by atoms with E-state index in [9.17, 15) is 20.0 Å². The van der Waals surface area contributed by atoms with Crippen LogP contribution in [0.25, 0.3) is 0 Å². The summed E-state index contributed by atoms with van der Waals surface area (Å²) in [6.45, 7) is 1.86. The normalized spacial score (nSPS) is 10.1. The summed E-state index contributed by atoms with van der Waals surface area (Å²) in [5.41, 5.74) is 1.27. The number of carbonyl (C=O) groups excluding carboxylic acids is 1. The number of hydrogen-bond donors (Lipinski definition) is 2. The molecule has 20 heavy (non-hydrogen) atoms. The highest BCUT2D eigenvalue weighted by Crippen LogP contribution is 2.28. The van der Waals surface area contributed by atoms with Gasteiger partial charge in [0.1, 0.15) is 5.75 Å². The third-order valence-electron chi connectivity index (χ3n) is 2.72. The average Bonchev–Trinajstić information content (AvgIpc) is 2.40. The van der Waals surface area contributed by atoms with Crippen molar-refractivity contribution in [1.82, 2.24) is 0 Å². The molecule has 2 aromatic rings. The van der Waals surface area contributed by atoms with Crippen LogP contribution in [0, 0.1) is 17.0 Å². The number of aryl methyl sites for hydroxylation is 1. The zero-order valence-corrected chi connectivity index (χ0v) is 10.7. The van der Waals surface area contributed by atoms with Gasteiger partial charge in [0.2, 0.25) is 0 Å². The molecule has 102 valence electrons. The molecule has 0 aliphatic rings. The Morgan fingerprint density at radius 3 is 2.60 bits per heavy atom. The molecule has 0 unspecified atom stereocenters. The summed E-state index contributed by atoms with van der Waals surface area (Å²) in [4.78, 5) is 21.9. The fourth-order valence-corrected chi connectivity index (χ4v) is 1.72. The molecule has 0 fully saturated rings. The summed E-state index contributed by atoms with van der Waals surface area (Å²) in [5.74, 6) is -0.738. The van der Waals surface area contributed by atoms with Gasteiger partial charge in [-0.05, 0) is 25.1 Å². The van der Waals surface area contributed by atoms with Crippen molar-refractivity contribution in [3.05, 3.63) is 63.7 Å². The molecule has 0 radical (unpaired) electrons. The van der Waals surface area contributed by atoms with Crippen LogP contribution in [0.5, 0.6) is 5.75 Å². The number of nitro groups is 1. The third kappa shape index (κ3) is 2.92. The fourth-order valence-electron chi connectivity index (χ4n) is 1.72. The largest absolute Gasteiger partial charge is 0.506 e. The van der Waals surface area contributed by atoms with E-state index in [1.807, 2.05) is 13.0 Å². The maximum absolute atomic E-state index is 12.0. The summed E-state index contributed by atoms with van der Waals surface area (Å²) in [7, 11) is 0. The lowest BCUT2D eigenvalue weighted by Crippen LogP contribution is -2.12. The van der Waals surface area contributed by atoms with E-state index in [2.05, 4.69) is 5.32 Å². The van der Waals surface area contributed by atoms with Crippen molar-refractivity contribution >= 4 is 17.3 Å². The monoisotopic (exact) mass is 272 g/mol. The SMILES string of the molecule is Cc1cccc(C(=O)Nc2ccc([N+](=O)[O-])cc2O)c1. The second-order valence-electron chi connectivity index (χ2n) is 4.28. The lowest BCUT2D eigenvalue weighted by atomic mass is 10.1. The Bertz CT molecular complexity index is 683. The highest BCUT2D eigenvalue weighted by atomic mass is 16.6. The molecule has 0 saturated carbocycles. The van der Waals surface area contributed by atoms with Gasteiger partial charge in [-0.15, -0.1) is 0 Å². The maximum Gasteiger partial charge on any atom is 0.273 e. The standard InChI is InChI=1S/C14H12N2O4/c1-9-3-2-4-10(7-9)14(18)15-12-6-5-11(16(19)20)8-13(12)17/h2-8,17H,1H3,(H,15,18). The predicted octanol–water partition coefficient (Wildman–Crippen LogP) is 2.86. The minimum atomic E-state index is -0.619. The summed E-state index contributed by atoms with van der Waals surface area (Å²) >= 11 is 0. The van der Waals surface area contributed by atoms with Gasteiger partial charge in [0, 0.05) is 11.6 Å². The molecule has 0 heterocycles. The number of amides is 1. The van der Waals surface area contributed by atoms with E-state index in [1.165, 1.54) is 12.1 Å². The van der Waals surface area contributed by atoms with Crippen molar-refractivity contribution in [1.29, 1.82) is 0 Å². The molecule has 2 N–H and O–H groups in total. The number of carbonyl (C=O) groups is 1. The van der Waals surface area contributed by atoms with Crippen molar-refractivity contribution in [2.75, 3.05) is 5.32 Å². The smallest absolute Gasteiger partial charge is 0.273 e. The van der Waals surface area contributed by atoms with Gasteiger partial charge in [-0.3, -0.25) is 14.9 Å². The minimum Gasteiger partial charge on any atom is -0.506 e. The molecular weight excluding hydrogens is 260 g/mol. The van der Waals surface area contributed by atoms with Gasteiger partial charge in [-0.25, -0.2) is 0 Å². The first-order chi connectivity index (χ1) is 9.47. The molecule has 0 saturated heterocycles. The number of anilines is 1. The highest BCUT2D eigenvalue weighted by molar-refractivity contribution is 6.05. The Labute approximate surface area is 114 Å². The highest BCUT2D eigenvalue weighted by Gasteiger charge is 2.13. The zero-order chi connectivity index (χ0) is 14.7. The number of benzene rings is 2. The van der Waals surface area contributed by atoms with Gasteiger partial charge < -0.3 is 10.4 Å². The first-order valence-electron chi connectivity index (χ1n) is 5.83. The van der Waals surface area contributed by atoms with Crippen LogP contribution in [0.15, 0.2) is 42.5 Å². The third-order valence-corrected chi connectivity index (χ3v) is 2.72. The topological polar surface area (TPSA) is 92.5 Å². The number of hydrogen-bond acceptors (Lipinski definition) is 4. The van der Waals surface area contributed by atoms with Gasteiger partial charge in [-0.1, -0.05) is 17.7 Å². The molecular formula is C14H12N2O4. The van der Waals surface area contributed by atoms with E-state index in [4.69, 9.17) is 0 Å². The summed E-state index contributed by atoms with van der Waals surface area (Å²) in [6, 6.07) is 10.5. The number of nitrogens with zero attached hydrogens (tertiary/aromatic N) is 1. The Morgan fingerprint density at radius 2 is 2.00 bits per heavy atom. The second-order valence-corrected chi connectivity index (χ2v) is 4.28. The van der Waals surface area contributed by atoms with Crippen molar-refractivity contribution in [2.24, 2.45) is 0 Å². The predicted molar refractivity (Wildman–Crippen MR) is 73.9 cm³/mol. The average molecular weight is 272 g/mol. The Hall–Kier alpha value is -2.89. The number of nitrogens with one attached hydrogen (secondary N) is 1. The Kier molecular flexibility index (Phi) is 3.65. The summed E-state index contributed by atoms with van der Waals surface area (Å²) in [6.07, 6.45) is 0. The van der Waals surface area contributed by atoms with Gasteiger partial charge in [0.15, 0.2) is 0 Å². The maximum atomic E-state index is 12.0. The van der Waals surface area contributed by atoms with E-state index in [0.29, 0.717) is 5.56 Å². The number of rotatable bonds is 3. The number of non-ortho nitro benzene ring substituents is 1. The van der Waals surface area contributed by atoms with E-state index in [0.717, 1.165) is 11.6 Å². The number of nitro benzene ring substituents is 1. The Morgan fingerprint density at radius 1 is 1.25 bits per heavy atom. The second kappa shape index (κ2) is 5.40. The number of aromatic hydroxyl groups is 1. The van der Waals surface area contributed by atoms with E-state index in [-0.39, 0.29) is 17.1 Å². The first kappa shape index (κ1) is 13.5. The van der Waals surface area contributed by atoms with Crippen molar-refractivity contribution in [3.8, 4) is 5.75 Å². The van der Waals surface area contributed by atoms with Crippen LogP contribution in [0.2, 0.25) is 0 Å². The van der Waals surface area contributed by atoms with Gasteiger partial charge >= 0.3 is 0 Å². The van der Waals surface area contributed by atoms with Crippen LogP contribution >= 0.6 is 0 Å². The van der Waals surface area contributed by atoms with Crippen LogP contribution in [-0.4, -0.2) is 15.9 Å². The molecule has 0 aliphatic carbocycles. The number of phenolic OH excluding ortho intramolecular Hbond substituents is 1. The van der Waals surface area contributed by atoms with Gasteiger partial charge in [-0.2, -0.15) is 0 Å². The summed E-state index contributed by atoms with van der Waals surface area (Å²) in [5, 5.41) is 22.7. The molecule has 2 aromatic carbocycles. The molecule has 1 amide bonds. The number of phenols is 1. The quantitative estimate of drug-likeness (QED) is 0.510. The zero-order valence-electron chi connectivity index (χ0n) is 10.7. The molecule has 2 rings (SSSR count). The first-order valence-corrected chi connectivity index (χ1v) is 5.83. The fraction of sp³-hybridized carbons (Fsp3) is 0.0714. The van der Waals surface area contributed by atoms with Crippen LogP contribution in [0.1, 0.15) is 15.9 Å². The molecule has 0 aliphatic heterocycles. The Balaban J connectivity index is 2.22. The van der Waals surface area contributed by atoms with Crippen LogP contribution in [0.3, 0.4) is 0 Å².